The summed E-state index contributed by atoms with van der Waals surface area (Å²) in [6.07, 6.45) is 6.75. The molecular weight excluding hydrogens is 639 g/mol. The third-order valence-electron chi connectivity index (χ3n) is 10.7. The first kappa shape index (κ1) is 31.0. The van der Waals surface area contributed by atoms with Gasteiger partial charge >= 0.3 is 0 Å². The summed E-state index contributed by atoms with van der Waals surface area (Å²) < 4.78 is 2.18. The van der Waals surface area contributed by atoms with Crippen LogP contribution in [-0.4, -0.2) is 4.57 Å². The second-order valence-electron chi connectivity index (χ2n) is 13.2. The Morgan fingerprint density at radius 1 is 0.519 bits per heavy atom. The fraction of sp³-hybridized carbons (Fsp3) is 0.0217. The first-order valence-electron chi connectivity index (χ1n) is 17.2. The molecule has 2 aliphatic rings. The van der Waals surface area contributed by atoms with E-state index in [1.54, 1.807) is 0 Å². The van der Waals surface area contributed by atoms with Crippen LogP contribution < -0.4 is 28.4 Å². The van der Waals surface area contributed by atoms with Crippen LogP contribution in [0.1, 0.15) is 11.1 Å². The normalized spacial score (nSPS) is 16.6. The standard InChI is InChI=1S/C46H35N5O/c47-24-22-38-43(49)44(50)39(23-25-48)46(38)36-17-6-4-14-33(36)42-32(16-9-18-37(42)46)30-11-8-10-28(26-30)29-20-21-35-41(27-29)51(31-12-2-1-3-13-31)40-19-7-5-15-34(40)45(35)52/h1-27H,47-50H2. The van der Waals surface area contributed by atoms with Crippen molar-refractivity contribution in [3.63, 3.8) is 0 Å². The molecule has 0 fully saturated rings. The van der Waals surface area contributed by atoms with Crippen LogP contribution in [0.15, 0.2) is 191 Å². The van der Waals surface area contributed by atoms with Gasteiger partial charge in [-0.1, -0.05) is 97.1 Å². The van der Waals surface area contributed by atoms with Gasteiger partial charge in [0.15, 0.2) is 5.43 Å². The molecule has 6 heteroatoms. The minimum absolute atomic E-state index is 0.0227. The quantitative estimate of drug-likeness (QED) is 0.137. The Balaban J connectivity index is 1.27. The number of benzene rings is 6. The lowest BCUT2D eigenvalue weighted by Gasteiger charge is -2.32. The summed E-state index contributed by atoms with van der Waals surface area (Å²) in [5.74, 6) is 0. The van der Waals surface area contributed by atoms with E-state index in [-0.39, 0.29) is 5.43 Å². The highest BCUT2D eigenvalue weighted by Crippen LogP contribution is 2.62. The summed E-state index contributed by atoms with van der Waals surface area (Å²) in [6, 6.07) is 47.5. The van der Waals surface area contributed by atoms with E-state index in [1.807, 2.05) is 72.8 Å². The number of allylic oxidation sites excluding steroid dienone is 4. The zero-order valence-electron chi connectivity index (χ0n) is 28.3. The van der Waals surface area contributed by atoms with E-state index in [1.165, 1.54) is 12.4 Å². The number of hydrogen-bond donors (Lipinski definition) is 4. The second-order valence-corrected chi connectivity index (χ2v) is 13.2. The van der Waals surface area contributed by atoms with Crippen LogP contribution in [-0.2, 0) is 5.41 Å². The lowest BCUT2D eigenvalue weighted by Crippen LogP contribution is -2.28. The van der Waals surface area contributed by atoms with Crippen molar-refractivity contribution in [3.05, 3.63) is 208 Å². The van der Waals surface area contributed by atoms with Crippen molar-refractivity contribution in [1.82, 2.24) is 4.57 Å². The van der Waals surface area contributed by atoms with Crippen molar-refractivity contribution >= 4 is 21.8 Å². The summed E-state index contributed by atoms with van der Waals surface area (Å²) >= 11 is 0. The van der Waals surface area contributed by atoms with Crippen molar-refractivity contribution in [2.75, 3.05) is 0 Å². The maximum Gasteiger partial charge on any atom is 0.197 e. The molecule has 0 saturated carbocycles. The van der Waals surface area contributed by atoms with Gasteiger partial charge in [-0.25, -0.2) is 0 Å². The van der Waals surface area contributed by atoms with Crippen LogP contribution >= 0.6 is 0 Å². The zero-order chi connectivity index (χ0) is 35.6. The average Bonchev–Trinajstić information content (AvgIpc) is 3.60. The van der Waals surface area contributed by atoms with Crippen molar-refractivity contribution in [3.8, 4) is 39.1 Å². The molecular formula is C46H35N5O. The van der Waals surface area contributed by atoms with Crippen LogP contribution in [0.4, 0.5) is 0 Å². The van der Waals surface area contributed by atoms with Gasteiger partial charge in [0.1, 0.15) is 0 Å². The van der Waals surface area contributed by atoms with Gasteiger partial charge in [0, 0.05) is 16.5 Å². The highest BCUT2D eigenvalue weighted by atomic mass is 16.1. The first-order valence-corrected chi connectivity index (χ1v) is 17.2. The fourth-order valence-electron chi connectivity index (χ4n) is 8.56. The van der Waals surface area contributed by atoms with Gasteiger partial charge in [-0.3, -0.25) is 4.79 Å². The summed E-state index contributed by atoms with van der Waals surface area (Å²) in [6.45, 7) is 0. The van der Waals surface area contributed by atoms with Crippen LogP contribution in [0.3, 0.4) is 0 Å². The third kappa shape index (κ3) is 4.21. The van der Waals surface area contributed by atoms with Crippen LogP contribution in [0.2, 0.25) is 0 Å². The minimum Gasteiger partial charge on any atom is -0.405 e. The Hall–Kier alpha value is -7.05. The molecule has 7 aromatic rings. The average molecular weight is 674 g/mol. The number of nitrogens with two attached hydrogens (primary N) is 4. The number of para-hydroxylation sites is 2. The van der Waals surface area contributed by atoms with E-state index in [9.17, 15) is 4.79 Å². The number of aromatic nitrogens is 1. The van der Waals surface area contributed by atoms with Crippen molar-refractivity contribution in [2.24, 2.45) is 22.9 Å². The molecule has 2 aliphatic carbocycles. The van der Waals surface area contributed by atoms with Gasteiger partial charge in [-0.05, 0) is 123 Å². The molecule has 1 spiro atoms. The Morgan fingerprint density at radius 3 is 1.88 bits per heavy atom. The van der Waals surface area contributed by atoms with Gasteiger partial charge in [0.2, 0.25) is 0 Å². The van der Waals surface area contributed by atoms with Gasteiger partial charge in [0.05, 0.1) is 27.8 Å². The molecule has 0 radical (unpaired) electrons. The summed E-state index contributed by atoms with van der Waals surface area (Å²) in [7, 11) is 0. The van der Waals surface area contributed by atoms with Gasteiger partial charge in [-0.15, -0.1) is 0 Å². The molecule has 52 heavy (non-hydrogen) atoms. The molecule has 0 unspecified atom stereocenters. The van der Waals surface area contributed by atoms with E-state index < -0.39 is 5.41 Å². The van der Waals surface area contributed by atoms with Gasteiger partial charge < -0.3 is 27.5 Å². The Morgan fingerprint density at radius 2 is 1.12 bits per heavy atom. The highest BCUT2D eigenvalue weighted by Gasteiger charge is 2.52. The molecule has 1 heterocycles. The molecule has 6 nitrogen and oxygen atoms in total. The summed E-state index contributed by atoms with van der Waals surface area (Å²) in [5, 5.41) is 1.36. The van der Waals surface area contributed by atoms with Crippen LogP contribution in [0, 0.1) is 0 Å². The molecule has 0 atom stereocenters. The van der Waals surface area contributed by atoms with E-state index in [2.05, 4.69) is 83.4 Å². The van der Waals surface area contributed by atoms with Crippen LogP contribution in [0.25, 0.3) is 60.9 Å². The molecule has 0 aliphatic heterocycles. The Labute approximate surface area is 300 Å². The first-order chi connectivity index (χ1) is 25.5. The number of nitrogens with zero attached hydrogens (tertiary/aromatic N) is 1. The van der Waals surface area contributed by atoms with E-state index in [0.29, 0.717) is 22.2 Å². The molecule has 8 N–H and O–H groups in total. The number of hydrogen-bond acceptors (Lipinski definition) is 5. The molecule has 250 valence electrons. The second kappa shape index (κ2) is 11.8. The van der Waals surface area contributed by atoms with E-state index in [4.69, 9.17) is 22.9 Å². The van der Waals surface area contributed by atoms with E-state index in [0.717, 1.165) is 72.4 Å². The van der Waals surface area contributed by atoms with E-state index >= 15 is 0 Å². The maximum atomic E-state index is 13.8. The lowest BCUT2D eigenvalue weighted by atomic mass is 9.68. The Bertz CT molecular complexity index is 2770. The fourth-order valence-corrected chi connectivity index (χ4v) is 8.56. The maximum absolute atomic E-state index is 13.8. The number of fused-ring (bicyclic) bond motifs is 7. The van der Waals surface area contributed by atoms with Gasteiger partial charge in [-0.2, -0.15) is 0 Å². The molecule has 0 amide bonds. The highest BCUT2D eigenvalue weighted by molar-refractivity contribution is 5.99. The number of rotatable bonds is 5. The van der Waals surface area contributed by atoms with Crippen molar-refractivity contribution < 1.29 is 0 Å². The Kier molecular flexibility index (Phi) is 7.02. The van der Waals surface area contributed by atoms with Crippen LogP contribution in [0.5, 0.6) is 0 Å². The predicted molar refractivity (Wildman–Crippen MR) is 213 cm³/mol. The molecule has 6 aromatic carbocycles. The van der Waals surface area contributed by atoms with Crippen molar-refractivity contribution in [2.45, 2.75) is 5.41 Å². The molecule has 0 saturated heterocycles. The topological polar surface area (TPSA) is 126 Å². The summed E-state index contributed by atoms with van der Waals surface area (Å²) in [5.41, 5.74) is 38.7. The molecule has 0 bridgehead atoms. The van der Waals surface area contributed by atoms with Gasteiger partial charge in [0.25, 0.3) is 0 Å². The summed E-state index contributed by atoms with van der Waals surface area (Å²) in [4.78, 5) is 13.8. The monoisotopic (exact) mass is 673 g/mol. The minimum atomic E-state index is -0.790. The lowest BCUT2D eigenvalue weighted by molar-refractivity contribution is 0.775. The zero-order valence-corrected chi connectivity index (χ0v) is 28.3. The smallest absolute Gasteiger partial charge is 0.197 e. The molecule has 9 rings (SSSR count). The third-order valence-corrected chi connectivity index (χ3v) is 10.7. The van der Waals surface area contributed by atoms with Crippen molar-refractivity contribution in [1.29, 1.82) is 0 Å². The largest absolute Gasteiger partial charge is 0.405 e. The number of pyridine rings is 1. The predicted octanol–water partition coefficient (Wildman–Crippen LogP) is 8.13. The SMILES string of the molecule is NC=CC1=C(N)C(N)=C(C=CN)C12c1ccccc1-c1c(-c3cccc(-c4ccc5c(=O)c6ccccc6n(-c6ccccc6)c5c4)c3)cccc12. The molecule has 1 aromatic heterocycles.